The van der Waals surface area contributed by atoms with Gasteiger partial charge in [-0.3, -0.25) is 4.79 Å². The average molecular weight is 437 g/mol. The highest BCUT2D eigenvalue weighted by Crippen LogP contribution is 2.30. The summed E-state index contributed by atoms with van der Waals surface area (Å²) in [5.41, 5.74) is 0.837. The van der Waals surface area contributed by atoms with Crippen LogP contribution in [0, 0.1) is 0 Å². The van der Waals surface area contributed by atoms with Gasteiger partial charge in [0.15, 0.2) is 11.5 Å². The minimum atomic E-state index is -3.81. The molecule has 0 aliphatic heterocycles. The third-order valence-corrected chi connectivity index (χ3v) is 6.50. The molecule has 2 aromatic rings. The number of hydrogen-bond acceptors (Lipinski definition) is 6. The van der Waals surface area contributed by atoms with Crippen LogP contribution >= 0.6 is 0 Å². The van der Waals surface area contributed by atoms with Crippen molar-refractivity contribution in [1.29, 1.82) is 0 Å². The predicted octanol–water partition coefficient (Wildman–Crippen LogP) is 2.60. The molecule has 8 nitrogen and oxygen atoms in total. The molecule has 0 radical (unpaired) electrons. The number of hydrogen-bond donors (Lipinski definition) is 1. The molecule has 0 aliphatic carbocycles. The van der Waals surface area contributed by atoms with Gasteiger partial charge in [0.25, 0.3) is 0 Å². The molecule has 0 aromatic heterocycles. The number of carbonyl (C=O) groups excluding carboxylic acids is 1. The molecule has 30 heavy (non-hydrogen) atoms. The Labute approximate surface area is 177 Å². The maximum absolute atomic E-state index is 12.7. The van der Waals surface area contributed by atoms with Crippen LogP contribution < -0.4 is 19.5 Å². The second-order valence-electron chi connectivity index (χ2n) is 6.58. The Kier molecular flexibility index (Phi) is 8.08. The second-order valence-corrected chi connectivity index (χ2v) is 8.62. The zero-order valence-electron chi connectivity index (χ0n) is 17.8. The lowest BCUT2D eigenvalue weighted by atomic mass is 10.0. The van der Waals surface area contributed by atoms with Crippen LogP contribution in [0.1, 0.15) is 24.9 Å². The number of nitrogens with zero attached hydrogens (tertiary/aromatic N) is 1. The maximum Gasteiger partial charge on any atom is 0.243 e. The fraction of sp³-hybridized carbons (Fsp3) is 0.381. The normalized spacial score (nSPS) is 12.3. The first-order valence-corrected chi connectivity index (χ1v) is 10.8. The molecule has 0 bridgehead atoms. The van der Waals surface area contributed by atoms with Gasteiger partial charge < -0.3 is 19.5 Å². The van der Waals surface area contributed by atoms with Gasteiger partial charge in [-0.1, -0.05) is 13.0 Å². The smallest absolute Gasteiger partial charge is 0.243 e. The Morgan fingerprint density at radius 2 is 1.63 bits per heavy atom. The highest BCUT2D eigenvalue weighted by atomic mass is 32.2. The maximum atomic E-state index is 12.7. The van der Waals surface area contributed by atoms with E-state index in [2.05, 4.69) is 5.32 Å². The molecule has 164 valence electrons. The zero-order valence-corrected chi connectivity index (χ0v) is 18.7. The topological polar surface area (TPSA) is 94.2 Å². The molecule has 2 aromatic carbocycles. The third-order valence-electron chi connectivity index (χ3n) is 4.69. The molecular weight excluding hydrogens is 408 g/mol. The summed E-state index contributed by atoms with van der Waals surface area (Å²) < 4.78 is 42.1. The van der Waals surface area contributed by atoms with Gasteiger partial charge in [0.05, 0.1) is 38.8 Å². The quantitative estimate of drug-likeness (QED) is 0.615. The Morgan fingerprint density at radius 1 is 1.00 bits per heavy atom. The van der Waals surface area contributed by atoms with Crippen LogP contribution in [-0.2, 0) is 14.8 Å². The highest BCUT2D eigenvalue weighted by Gasteiger charge is 2.24. The lowest BCUT2D eigenvalue weighted by Gasteiger charge is -2.22. The summed E-state index contributed by atoms with van der Waals surface area (Å²) in [5.74, 6) is 1.29. The molecule has 0 fully saturated rings. The van der Waals surface area contributed by atoms with E-state index in [4.69, 9.17) is 14.2 Å². The number of likely N-dealkylation sites (N-methyl/N-ethyl adjacent to an activating group) is 1. The molecule has 0 unspecified atom stereocenters. The first-order chi connectivity index (χ1) is 14.3. The second kappa shape index (κ2) is 10.3. The summed E-state index contributed by atoms with van der Waals surface area (Å²) in [6.07, 6.45) is 0.621. The molecular formula is C21H28N2O6S. The van der Waals surface area contributed by atoms with Crippen LogP contribution in [0.4, 0.5) is 0 Å². The van der Waals surface area contributed by atoms with Crippen molar-refractivity contribution in [3.8, 4) is 17.2 Å². The minimum Gasteiger partial charge on any atom is -0.497 e. The van der Waals surface area contributed by atoms with E-state index in [-0.39, 0.29) is 17.5 Å². The van der Waals surface area contributed by atoms with Crippen LogP contribution in [0.15, 0.2) is 47.4 Å². The summed E-state index contributed by atoms with van der Waals surface area (Å²) in [6, 6.07) is 11.1. The van der Waals surface area contributed by atoms with Gasteiger partial charge in [0, 0.05) is 7.05 Å². The zero-order chi connectivity index (χ0) is 22.3. The van der Waals surface area contributed by atoms with E-state index in [9.17, 15) is 13.2 Å². The summed E-state index contributed by atoms with van der Waals surface area (Å²) >= 11 is 0. The van der Waals surface area contributed by atoms with Gasteiger partial charge in [0.2, 0.25) is 15.9 Å². The van der Waals surface area contributed by atoms with Crippen LogP contribution in [0.3, 0.4) is 0 Å². The number of rotatable bonds is 10. The van der Waals surface area contributed by atoms with Gasteiger partial charge in [0.1, 0.15) is 5.75 Å². The van der Waals surface area contributed by atoms with Crippen LogP contribution in [0.5, 0.6) is 17.2 Å². The van der Waals surface area contributed by atoms with Crippen LogP contribution in [0.25, 0.3) is 0 Å². The molecule has 1 N–H and O–H groups in total. The largest absolute Gasteiger partial charge is 0.497 e. The number of sulfonamides is 1. The van der Waals surface area contributed by atoms with Crippen molar-refractivity contribution >= 4 is 15.9 Å². The minimum absolute atomic E-state index is 0.0885. The Hall–Kier alpha value is -2.78. The lowest BCUT2D eigenvalue weighted by molar-refractivity contribution is -0.121. The SMILES string of the molecule is CC[C@H](NC(=O)CN(C)S(=O)(=O)c1ccc(OC)cc1)c1ccc(OC)c(OC)c1. The van der Waals surface area contributed by atoms with E-state index in [1.807, 2.05) is 13.0 Å². The van der Waals surface area contributed by atoms with Crippen molar-refractivity contribution in [2.75, 3.05) is 34.9 Å². The van der Waals surface area contributed by atoms with Gasteiger partial charge >= 0.3 is 0 Å². The Balaban J connectivity index is 2.10. The monoisotopic (exact) mass is 436 g/mol. The molecule has 0 heterocycles. The Bertz CT molecular complexity index is 960. The molecule has 1 atom stereocenters. The lowest BCUT2D eigenvalue weighted by Crippen LogP contribution is -2.39. The predicted molar refractivity (Wildman–Crippen MR) is 114 cm³/mol. The van der Waals surface area contributed by atoms with Gasteiger partial charge in [-0.15, -0.1) is 0 Å². The van der Waals surface area contributed by atoms with Crippen molar-refractivity contribution < 1.29 is 27.4 Å². The molecule has 1 amide bonds. The highest BCUT2D eigenvalue weighted by molar-refractivity contribution is 7.89. The number of nitrogens with one attached hydrogen (secondary N) is 1. The molecule has 0 spiro atoms. The van der Waals surface area contributed by atoms with E-state index >= 15 is 0 Å². The average Bonchev–Trinajstić information content (AvgIpc) is 2.76. The summed E-state index contributed by atoms with van der Waals surface area (Å²) in [5, 5.41) is 2.88. The molecule has 9 heteroatoms. The standard InChI is InChI=1S/C21H28N2O6S/c1-6-18(15-7-12-19(28-4)20(13-15)29-5)22-21(24)14-23(2)30(25,26)17-10-8-16(27-3)9-11-17/h7-13,18H,6,14H2,1-5H3,(H,22,24)/t18-/m0/s1. The van der Waals surface area contributed by atoms with Gasteiger partial charge in [-0.25, -0.2) is 8.42 Å². The summed E-state index contributed by atoms with van der Waals surface area (Å²) in [4.78, 5) is 12.6. The van der Waals surface area contributed by atoms with E-state index in [0.29, 0.717) is 23.7 Å². The van der Waals surface area contributed by atoms with E-state index in [1.165, 1.54) is 26.3 Å². The molecule has 2 rings (SSSR count). The van der Waals surface area contributed by atoms with Crippen molar-refractivity contribution in [2.45, 2.75) is 24.3 Å². The first kappa shape index (κ1) is 23.5. The van der Waals surface area contributed by atoms with Gasteiger partial charge in [-0.05, 0) is 48.4 Å². The number of benzene rings is 2. The van der Waals surface area contributed by atoms with Crippen molar-refractivity contribution in [3.63, 3.8) is 0 Å². The van der Waals surface area contributed by atoms with Crippen LogP contribution in [-0.4, -0.2) is 53.6 Å². The fourth-order valence-electron chi connectivity index (χ4n) is 2.95. The van der Waals surface area contributed by atoms with Gasteiger partial charge in [-0.2, -0.15) is 4.31 Å². The fourth-order valence-corrected chi connectivity index (χ4v) is 4.07. The summed E-state index contributed by atoms with van der Waals surface area (Å²) in [6.45, 7) is 1.62. The van der Waals surface area contributed by atoms with E-state index in [1.54, 1.807) is 38.5 Å². The molecule has 0 saturated heterocycles. The van der Waals surface area contributed by atoms with Crippen molar-refractivity contribution in [3.05, 3.63) is 48.0 Å². The number of amides is 1. The molecule has 0 aliphatic rings. The summed E-state index contributed by atoms with van der Waals surface area (Å²) in [7, 11) is 2.16. The van der Waals surface area contributed by atoms with E-state index < -0.39 is 15.9 Å². The number of ether oxygens (including phenoxy) is 3. The number of methoxy groups -OCH3 is 3. The Morgan fingerprint density at radius 3 is 2.17 bits per heavy atom. The van der Waals surface area contributed by atoms with Crippen molar-refractivity contribution in [1.82, 2.24) is 9.62 Å². The van der Waals surface area contributed by atoms with E-state index in [0.717, 1.165) is 9.87 Å². The molecule has 0 saturated carbocycles. The first-order valence-electron chi connectivity index (χ1n) is 9.38. The number of carbonyl (C=O) groups is 1. The third kappa shape index (κ3) is 5.43. The van der Waals surface area contributed by atoms with Crippen molar-refractivity contribution in [2.24, 2.45) is 0 Å². The van der Waals surface area contributed by atoms with Crippen LogP contribution in [0.2, 0.25) is 0 Å².